The molecule has 0 fully saturated rings. The number of ketones is 1. The van der Waals surface area contributed by atoms with Gasteiger partial charge in [0, 0.05) is 17.9 Å². The summed E-state index contributed by atoms with van der Waals surface area (Å²) in [5.41, 5.74) is 3.00. The first-order valence-electron chi connectivity index (χ1n) is 3.46. The summed E-state index contributed by atoms with van der Waals surface area (Å²) in [5.74, 6) is 0.0237. The molecular formula is C9H7NO. The summed E-state index contributed by atoms with van der Waals surface area (Å²) in [7, 11) is 0. The van der Waals surface area contributed by atoms with E-state index in [2.05, 4.69) is 4.99 Å². The van der Waals surface area contributed by atoms with Gasteiger partial charge in [-0.3, -0.25) is 9.79 Å². The molecule has 54 valence electrons. The van der Waals surface area contributed by atoms with Gasteiger partial charge in [0.2, 0.25) is 0 Å². The van der Waals surface area contributed by atoms with Crippen molar-refractivity contribution in [2.75, 3.05) is 0 Å². The van der Waals surface area contributed by atoms with Crippen LogP contribution >= 0.6 is 0 Å². The van der Waals surface area contributed by atoms with E-state index in [0.29, 0.717) is 0 Å². The number of hydrogen-bond donors (Lipinski definition) is 0. The van der Waals surface area contributed by atoms with Crippen LogP contribution in [0.1, 0.15) is 6.92 Å². The summed E-state index contributed by atoms with van der Waals surface area (Å²) in [6.45, 7) is 1.99. The van der Waals surface area contributed by atoms with Gasteiger partial charge in [-0.25, -0.2) is 0 Å². The quantitative estimate of drug-likeness (QED) is 0.506. The van der Waals surface area contributed by atoms with Crippen LogP contribution in [-0.2, 0) is 4.79 Å². The van der Waals surface area contributed by atoms with Crippen molar-refractivity contribution in [3.05, 3.63) is 35.1 Å². The molecule has 0 unspecified atom stereocenters. The van der Waals surface area contributed by atoms with Crippen molar-refractivity contribution in [2.24, 2.45) is 4.99 Å². The number of hydrogen-bond acceptors (Lipinski definition) is 2. The predicted molar refractivity (Wildman–Crippen MR) is 43.4 cm³/mol. The van der Waals surface area contributed by atoms with E-state index in [-0.39, 0.29) is 5.78 Å². The van der Waals surface area contributed by atoms with Gasteiger partial charge in [0.1, 0.15) is 0 Å². The zero-order chi connectivity index (χ0) is 7.84. The van der Waals surface area contributed by atoms with Gasteiger partial charge in [0.05, 0.1) is 5.70 Å². The maximum Gasteiger partial charge on any atom is 0.180 e. The Kier molecular flexibility index (Phi) is 1.15. The van der Waals surface area contributed by atoms with Gasteiger partial charge in [-0.05, 0) is 24.6 Å². The highest BCUT2D eigenvalue weighted by atomic mass is 16.1. The Bertz CT molecular complexity index is 343. The molecule has 0 bridgehead atoms. The zero-order valence-electron chi connectivity index (χ0n) is 6.16. The van der Waals surface area contributed by atoms with Crippen molar-refractivity contribution >= 4 is 12.0 Å². The lowest BCUT2D eigenvalue weighted by Crippen LogP contribution is -1.96. The van der Waals surface area contributed by atoms with Gasteiger partial charge in [-0.1, -0.05) is 0 Å². The summed E-state index contributed by atoms with van der Waals surface area (Å²) in [6.07, 6.45) is 6.73. The van der Waals surface area contributed by atoms with E-state index in [0.717, 1.165) is 16.8 Å². The van der Waals surface area contributed by atoms with E-state index in [9.17, 15) is 4.79 Å². The summed E-state index contributed by atoms with van der Waals surface area (Å²) in [5, 5.41) is 0. The number of carbonyl (C=O) groups excluding carboxylic acids is 1. The monoisotopic (exact) mass is 145 g/mol. The van der Waals surface area contributed by atoms with E-state index in [1.807, 2.05) is 13.0 Å². The Morgan fingerprint density at radius 2 is 2.18 bits per heavy atom. The smallest absolute Gasteiger partial charge is 0.180 e. The van der Waals surface area contributed by atoms with Gasteiger partial charge < -0.3 is 0 Å². The van der Waals surface area contributed by atoms with Crippen molar-refractivity contribution in [1.82, 2.24) is 0 Å². The molecular weight excluding hydrogens is 138 g/mol. The molecule has 0 aromatic heterocycles. The number of allylic oxidation sites excluding steroid dienone is 4. The van der Waals surface area contributed by atoms with Crippen LogP contribution < -0.4 is 0 Å². The molecule has 0 saturated carbocycles. The summed E-state index contributed by atoms with van der Waals surface area (Å²) < 4.78 is 0. The van der Waals surface area contributed by atoms with Crippen LogP contribution in [0.5, 0.6) is 0 Å². The molecule has 11 heavy (non-hydrogen) atoms. The number of aliphatic imine (C=N–C) groups is 1. The van der Waals surface area contributed by atoms with E-state index in [1.54, 1.807) is 18.4 Å². The molecule has 2 heteroatoms. The molecule has 0 saturated heterocycles. The summed E-state index contributed by atoms with van der Waals surface area (Å²) >= 11 is 0. The summed E-state index contributed by atoms with van der Waals surface area (Å²) in [4.78, 5) is 14.9. The second-order valence-electron chi connectivity index (χ2n) is 2.62. The minimum absolute atomic E-state index is 0.0237. The molecule has 1 heterocycles. The third-order valence-corrected chi connectivity index (χ3v) is 1.79. The van der Waals surface area contributed by atoms with Crippen LogP contribution in [0, 0.1) is 0 Å². The molecule has 0 aromatic carbocycles. The Morgan fingerprint density at radius 3 is 3.00 bits per heavy atom. The number of carbonyl (C=O) groups is 1. The Morgan fingerprint density at radius 1 is 1.36 bits per heavy atom. The highest BCUT2D eigenvalue weighted by Gasteiger charge is 2.14. The maximum atomic E-state index is 10.9. The molecule has 0 radical (unpaired) electrons. The average molecular weight is 145 g/mol. The Labute approximate surface area is 64.6 Å². The fraction of sp³-hybridized carbons (Fsp3) is 0.111. The van der Waals surface area contributed by atoms with Crippen molar-refractivity contribution in [1.29, 1.82) is 0 Å². The van der Waals surface area contributed by atoms with Gasteiger partial charge >= 0.3 is 0 Å². The van der Waals surface area contributed by atoms with Crippen LogP contribution in [0.25, 0.3) is 0 Å². The molecule has 0 spiro atoms. The second kappa shape index (κ2) is 2.02. The molecule has 1 aliphatic carbocycles. The second-order valence-corrected chi connectivity index (χ2v) is 2.62. The lowest BCUT2D eigenvalue weighted by molar-refractivity contribution is -0.110. The van der Waals surface area contributed by atoms with Crippen LogP contribution in [-0.4, -0.2) is 12.0 Å². The number of nitrogens with zero attached hydrogens (tertiary/aromatic N) is 1. The van der Waals surface area contributed by atoms with Crippen LogP contribution in [0.3, 0.4) is 0 Å². The lowest BCUT2D eigenvalue weighted by Gasteiger charge is -2.01. The summed E-state index contributed by atoms with van der Waals surface area (Å²) in [6, 6.07) is 0. The zero-order valence-corrected chi connectivity index (χ0v) is 6.16. The first kappa shape index (κ1) is 6.28. The normalized spacial score (nSPS) is 20.8. The standard InChI is InChI=1S/C9H7NO/c1-6-5-10-9-4-7(11)2-3-8(6)9/h2-5H,1H3. The molecule has 2 nitrogen and oxygen atoms in total. The molecule has 0 N–H and O–H groups in total. The SMILES string of the molecule is CC1=C2C=CC(=O)C=C2N=C1. The van der Waals surface area contributed by atoms with Gasteiger partial charge in [0.15, 0.2) is 5.78 Å². The highest BCUT2D eigenvalue weighted by molar-refractivity contribution is 6.04. The third-order valence-electron chi connectivity index (χ3n) is 1.79. The van der Waals surface area contributed by atoms with E-state index in [4.69, 9.17) is 0 Å². The minimum Gasteiger partial charge on any atom is -0.290 e. The van der Waals surface area contributed by atoms with Crippen LogP contribution in [0.2, 0.25) is 0 Å². The van der Waals surface area contributed by atoms with Crippen molar-refractivity contribution < 1.29 is 4.79 Å². The molecule has 2 aliphatic rings. The van der Waals surface area contributed by atoms with Crippen molar-refractivity contribution in [3.63, 3.8) is 0 Å². The number of fused-ring (bicyclic) bond motifs is 1. The van der Waals surface area contributed by atoms with Crippen molar-refractivity contribution in [3.8, 4) is 0 Å². The fourth-order valence-electron chi connectivity index (χ4n) is 1.19. The van der Waals surface area contributed by atoms with E-state index < -0.39 is 0 Å². The van der Waals surface area contributed by atoms with Crippen LogP contribution in [0.4, 0.5) is 0 Å². The molecule has 0 atom stereocenters. The first-order valence-corrected chi connectivity index (χ1v) is 3.46. The average Bonchev–Trinajstić information content (AvgIpc) is 2.32. The minimum atomic E-state index is 0.0237. The van der Waals surface area contributed by atoms with Gasteiger partial charge in [-0.15, -0.1) is 0 Å². The van der Waals surface area contributed by atoms with Gasteiger partial charge in [-0.2, -0.15) is 0 Å². The Hall–Kier alpha value is -1.44. The van der Waals surface area contributed by atoms with E-state index in [1.165, 1.54) is 0 Å². The molecule has 2 rings (SSSR count). The molecule has 1 aliphatic heterocycles. The Balaban J connectivity index is 2.55. The largest absolute Gasteiger partial charge is 0.290 e. The van der Waals surface area contributed by atoms with E-state index >= 15 is 0 Å². The molecule has 0 amide bonds. The van der Waals surface area contributed by atoms with Crippen molar-refractivity contribution in [2.45, 2.75) is 6.92 Å². The predicted octanol–water partition coefficient (Wildman–Crippen LogP) is 1.41. The number of rotatable bonds is 0. The lowest BCUT2D eigenvalue weighted by atomic mass is 10.0. The van der Waals surface area contributed by atoms with Crippen LogP contribution in [0.15, 0.2) is 40.1 Å². The van der Waals surface area contributed by atoms with Gasteiger partial charge in [0.25, 0.3) is 0 Å². The third kappa shape index (κ3) is 0.871. The fourth-order valence-corrected chi connectivity index (χ4v) is 1.19. The topological polar surface area (TPSA) is 29.4 Å². The molecule has 0 aromatic rings. The maximum absolute atomic E-state index is 10.9. The first-order chi connectivity index (χ1) is 5.27. The highest BCUT2D eigenvalue weighted by Crippen LogP contribution is 2.24.